The third-order valence-electron chi connectivity index (χ3n) is 6.45. The summed E-state index contributed by atoms with van der Waals surface area (Å²) in [6.07, 6.45) is 3.93. The monoisotopic (exact) mass is 490 g/mol. The Morgan fingerprint density at radius 3 is 2.55 bits per heavy atom. The molecule has 33 heavy (non-hydrogen) atoms. The predicted molar refractivity (Wildman–Crippen MR) is 138 cm³/mol. The van der Waals surface area contributed by atoms with Gasteiger partial charge in [-0.15, -0.1) is 24.8 Å². The Hall–Kier alpha value is -2.25. The third kappa shape index (κ3) is 4.99. The second kappa shape index (κ2) is 10.3. The lowest BCUT2D eigenvalue weighted by atomic mass is 9.95. The zero-order valence-electron chi connectivity index (χ0n) is 19.1. The van der Waals surface area contributed by atoms with Crippen LogP contribution in [0.5, 0.6) is 5.75 Å². The van der Waals surface area contributed by atoms with E-state index in [-0.39, 0.29) is 36.5 Å². The molecule has 0 radical (unpaired) electrons. The number of hydrogen-bond donors (Lipinski definition) is 3. The molecule has 0 bridgehead atoms. The number of halogens is 2. The number of aromatic amines is 1. The van der Waals surface area contributed by atoms with E-state index < -0.39 is 0 Å². The summed E-state index contributed by atoms with van der Waals surface area (Å²) in [5.41, 5.74) is 6.27. The first kappa shape index (κ1) is 25.4. The van der Waals surface area contributed by atoms with Crippen LogP contribution in [0, 0.1) is 0 Å². The molecule has 6 nitrogen and oxygen atoms in total. The maximum Gasteiger partial charge on any atom is 0.252 e. The van der Waals surface area contributed by atoms with Crippen molar-refractivity contribution in [1.29, 1.82) is 0 Å². The van der Waals surface area contributed by atoms with E-state index in [0.717, 1.165) is 34.3 Å². The maximum atomic E-state index is 12.6. The largest absolute Gasteiger partial charge is 0.507 e. The molecular formula is C25H32Cl2N4O2. The van der Waals surface area contributed by atoms with E-state index in [1.807, 2.05) is 25.1 Å². The fourth-order valence-electron chi connectivity index (χ4n) is 4.95. The van der Waals surface area contributed by atoms with Crippen molar-refractivity contribution in [2.75, 3.05) is 27.2 Å². The summed E-state index contributed by atoms with van der Waals surface area (Å²) >= 11 is 0. The number of phenols is 1. The van der Waals surface area contributed by atoms with Crippen LogP contribution in [-0.2, 0) is 19.6 Å². The van der Waals surface area contributed by atoms with Crippen LogP contribution in [0.1, 0.15) is 46.3 Å². The smallest absolute Gasteiger partial charge is 0.252 e. The molecule has 3 aromatic rings. The van der Waals surface area contributed by atoms with Gasteiger partial charge in [-0.25, -0.2) is 0 Å². The normalized spacial score (nSPS) is 15.8. The molecule has 1 saturated heterocycles. The fraction of sp³-hybridized carbons (Fsp3) is 0.400. The molecule has 5 rings (SSSR count). The Morgan fingerprint density at radius 2 is 1.82 bits per heavy atom. The van der Waals surface area contributed by atoms with E-state index >= 15 is 0 Å². The van der Waals surface area contributed by atoms with Gasteiger partial charge < -0.3 is 20.3 Å². The Balaban J connectivity index is 0.00000153. The summed E-state index contributed by atoms with van der Waals surface area (Å²) in [7, 11) is 3.95. The number of nitrogens with zero attached hydrogens (tertiary/aromatic N) is 2. The molecule has 0 aliphatic carbocycles. The second-order valence-electron chi connectivity index (χ2n) is 9.15. The quantitative estimate of drug-likeness (QED) is 0.485. The minimum absolute atomic E-state index is 0. The third-order valence-corrected chi connectivity index (χ3v) is 6.45. The average Bonchev–Trinajstić information content (AvgIpc) is 3.34. The molecule has 178 valence electrons. The summed E-state index contributed by atoms with van der Waals surface area (Å²) in [6, 6.07) is 10.7. The highest BCUT2D eigenvalue weighted by atomic mass is 35.5. The number of fused-ring (bicyclic) bond motifs is 2. The van der Waals surface area contributed by atoms with E-state index in [1.165, 1.54) is 37.9 Å². The van der Waals surface area contributed by atoms with Crippen LogP contribution in [0.3, 0.4) is 0 Å². The molecule has 8 heteroatoms. The maximum absolute atomic E-state index is 12.6. The standard InChI is InChI=1S/C25H30N4O2.2ClH/c1-28(2)15-18-11-19(23-20(24(18)30)13-26-25(23)31)22-12-17-10-16(6-7-21(17)27-22)14-29-8-4-3-5-9-29;;/h6-7,10-12,27,30H,3-5,8-9,13-15H2,1-2H3,(H,26,31);2*1H. The SMILES string of the molecule is CN(C)Cc1cc(-c2cc3cc(CN4CCCCC4)ccc3[nH]2)c2c(c1O)CNC2=O.Cl.Cl. The Kier molecular flexibility index (Phi) is 7.96. The van der Waals surface area contributed by atoms with E-state index in [4.69, 9.17) is 0 Å². The highest BCUT2D eigenvalue weighted by Crippen LogP contribution is 2.38. The lowest BCUT2D eigenvalue weighted by molar-refractivity contribution is 0.0966. The van der Waals surface area contributed by atoms with Crippen molar-refractivity contribution in [1.82, 2.24) is 20.1 Å². The highest BCUT2D eigenvalue weighted by molar-refractivity contribution is 6.06. The lowest BCUT2D eigenvalue weighted by Gasteiger charge is -2.26. The van der Waals surface area contributed by atoms with E-state index in [0.29, 0.717) is 24.2 Å². The van der Waals surface area contributed by atoms with E-state index in [1.54, 1.807) is 0 Å². The van der Waals surface area contributed by atoms with E-state index in [9.17, 15) is 9.90 Å². The van der Waals surface area contributed by atoms with Crippen molar-refractivity contribution in [3.05, 3.63) is 52.6 Å². The van der Waals surface area contributed by atoms with Crippen LogP contribution in [-0.4, -0.2) is 53.0 Å². The number of piperidine rings is 1. The lowest BCUT2D eigenvalue weighted by Crippen LogP contribution is -2.28. The van der Waals surface area contributed by atoms with Gasteiger partial charge in [0.05, 0.1) is 5.56 Å². The first-order valence-electron chi connectivity index (χ1n) is 11.1. The minimum Gasteiger partial charge on any atom is -0.507 e. The number of aromatic nitrogens is 1. The van der Waals surface area contributed by atoms with Crippen LogP contribution >= 0.6 is 24.8 Å². The van der Waals surface area contributed by atoms with Gasteiger partial charge in [0.1, 0.15) is 5.75 Å². The summed E-state index contributed by atoms with van der Waals surface area (Å²) in [4.78, 5) is 20.6. The second-order valence-corrected chi connectivity index (χ2v) is 9.15. The summed E-state index contributed by atoms with van der Waals surface area (Å²) < 4.78 is 0. The number of aromatic hydroxyl groups is 1. The zero-order valence-corrected chi connectivity index (χ0v) is 20.7. The number of hydrogen-bond acceptors (Lipinski definition) is 4. The molecule has 0 unspecified atom stereocenters. The van der Waals surface area contributed by atoms with Crippen molar-refractivity contribution in [3.63, 3.8) is 0 Å². The van der Waals surface area contributed by atoms with Crippen LogP contribution in [0.15, 0.2) is 30.3 Å². The molecule has 0 spiro atoms. The van der Waals surface area contributed by atoms with Gasteiger partial charge in [0.2, 0.25) is 0 Å². The molecule has 2 aliphatic rings. The van der Waals surface area contributed by atoms with Crippen LogP contribution in [0.4, 0.5) is 0 Å². The summed E-state index contributed by atoms with van der Waals surface area (Å²) in [6.45, 7) is 4.33. The molecule has 1 aromatic heterocycles. The first-order chi connectivity index (χ1) is 15.0. The fourth-order valence-corrected chi connectivity index (χ4v) is 4.95. The van der Waals surface area contributed by atoms with Gasteiger partial charge in [0.15, 0.2) is 0 Å². The molecule has 0 saturated carbocycles. The average molecular weight is 491 g/mol. The first-order valence-corrected chi connectivity index (χ1v) is 11.1. The Morgan fingerprint density at radius 1 is 1.06 bits per heavy atom. The van der Waals surface area contributed by atoms with Crippen molar-refractivity contribution in [2.24, 2.45) is 0 Å². The molecule has 3 heterocycles. The van der Waals surface area contributed by atoms with Gasteiger partial charge in [-0.3, -0.25) is 9.69 Å². The van der Waals surface area contributed by atoms with E-state index in [2.05, 4.69) is 39.5 Å². The molecule has 0 atom stereocenters. The molecule has 2 aromatic carbocycles. The Labute approximate surface area is 207 Å². The summed E-state index contributed by atoms with van der Waals surface area (Å²) in [5, 5.41) is 14.8. The van der Waals surface area contributed by atoms with Gasteiger partial charge >= 0.3 is 0 Å². The number of nitrogens with one attached hydrogen (secondary N) is 2. The molecular weight excluding hydrogens is 459 g/mol. The topological polar surface area (TPSA) is 71.6 Å². The van der Waals surface area contributed by atoms with Gasteiger partial charge in [-0.2, -0.15) is 0 Å². The predicted octanol–water partition coefficient (Wildman–Crippen LogP) is 4.68. The number of amides is 1. The van der Waals surface area contributed by atoms with Gasteiger partial charge in [0, 0.05) is 52.9 Å². The number of carbonyl (C=O) groups excluding carboxylic acids is 1. The number of phenolic OH excluding ortho intramolecular Hbond substituents is 1. The van der Waals surface area contributed by atoms with Gasteiger partial charge in [-0.1, -0.05) is 12.5 Å². The van der Waals surface area contributed by atoms with Gasteiger partial charge in [0.25, 0.3) is 5.91 Å². The number of H-pyrrole nitrogens is 1. The van der Waals surface area contributed by atoms with Crippen molar-refractivity contribution in [2.45, 2.75) is 38.9 Å². The molecule has 1 fully saturated rings. The minimum atomic E-state index is -0.124. The number of rotatable bonds is 5. The number of carbonyl (C=O) groups is 1. The van der Waals surface area contributed by atoms with Gasteiger partial charge in [-0.05, 0) is 69.9 Å². The van der Waals surface area contributed by atoms with Crippen molar-refractivity contribution >= 4 is 41.6 Å². The van der Waals surface area contributed by atoms with Crippen molar-refractivity contribution in [3.8, 4) is 17.0 Å². The number of likely N-dealkylation sites (tertiary alicyclic amines) is 1. The highest BCUT2D eigenvalue weighted by Gasteiger charge is 2.29. The zero-order chi connectivity index (χ0) is 21.5. The van der Waals surface area contributed by atoms with Crippen molar-refractivity contribution < 1.29 is 9.90 Å². The Bertz CT molecular complexity index is 1150. The number of benzene rings is 2. The molecule has 3 N–H and O–H groups in total. The van der Waals surface area contributed by atoms with Crippen LogP contribution in [0.25, 0.3) is 22.2 Å². The van der Waals surface area contributed by atoms with Crippen LogP contribution < -0.4 is 5.32 Å². The molecule has 2 aliphatic heterocycles. The van der Waals surface area contributed by atoms with Crippen LogP contribution in [0.2, 0.25) is 0 Å². The summed E-state index contributed by atoms with van der Waals surface area (Å²) in [5.74, 6) is 0.104. The molecule has 1 amide bonds.